The predicted molar refractivity (Wildman–Crippen MR) is 86.3 cm³/mol. The summed E-state index contributed by atoms with van der Waals surface area (Å²) in [6.07, 6.45) is 0.769. The van der Waals surface area contributed by atoms with Gasteiger partial charge >= 0.3 is 5.97 Å². The Kier molecular flexibility index (Phi) is 3.49. The van der Waals surface area contributed by atoms with Crippen molar-refractivity contribution < 1.29 is 19.1 Å². The Morgan fingerprint density at radius 2 is 1.92 bits per heavy atom. The molecule has 2 heterocycles. The molecule has 1 spiro atoms. The van der Waals surface area contributed by atoms with E-state index in [1.807, 2.05) is 54.6 Å². The highest BCUT2D eigenvalue weighted by molar-refractivity contribution is 5.95. The van der Waals surface area contributed by atoms with Crippen LogP contribution >= 0.6 is 0 Å². The van der Waals surface area contributed by atoms with E-state index in [1.165, 1.54) is 0 Å². The smallest absolute Gasteiger partial charge is 0.329 e. The number of carbonyl (C=O) groups excluding carboxylic acids is 2. The fourth-order valence-electron chi connectivity index (χ4n) is 3.28. The Labute approximate surface area is 139 Å². The first-order chi connectivity index (χ1) is 11.7. The maximum Gasteiger partial charge on any atom is 0.329 e. The second-order valence-corrected chi connectivity index (χ2v) is 6.20. The number of ether oxygens (including phenoxy) is 2. The topological polar surface area (TPSA) is 64.6 Å². The van der Waals surface area contributed by atoms with Gasteiger partial charge in [0.1, 0.15) is 18.4 Å². The molecule has 24 heavy (non-hydrogen) atoms. The van der Waals surface area contributed by atoms with E-state index in [-0.39, 0.29) is 18.9 Å². The van der Waals surface area contributed by atoms with E-state index in [2.05, 4.69) is 5.32 Å². The van der Waals surface area contributed by atoms with E-state index >= 15 is 0 Å². The summed E-state index contributed by atoms with van der Waals surface area (Å²) in [4.78, 5) is 24.7. The van der Waals surface area contributed by atoms with Crippen LogP contribution in [0, 0.1) is 0 Å². The fraction of sp³-hybridized carbons (Fsp3) is 0.263. The van der Waals surface area contributed by atoms with Gasteiger partial charge < -0.3 is 14.8 Å². The highest BCUT2D eigenvalue weighted by Crippen LogP contribution is 2.40. The molecule has 0 unspecified atom stereocenters. The second kappa shape index (κ2) is 5.67. The number of hydrogen-bond donors (Lipinski definition) is 1. The van der Waals surface area contributed by atoms with Crippen LogP contribution in [-0.2, 0) is 27.4 Å². The first-order valence-electron chi connectivity index (χ1n) is 7.95. The van der Waals surface area contributed by atoms with Gasteiger partial charge in [0.2, 0.25) is 0 Å². The predicted octanol–water partition coefficient (Wildman–Crippen LogP) is 1.99. The molecule has 2 aromatic carbocycles. The summed E-state index contributed by atoms with van der Waals surface area (Å²) in [6.45, 7) is 0.195. The van der Waals surface area contributed by atoms with Crippen LogP contribution in [0.15, 0.2) is 54.6 Å². The molecule has 5 nitrogen and oxygen atoms in total. The summed E-state index contributed by atoms with van der Waals surface area (Å²) < 4.78 is 11.2. The van der Waals surface area contributed by atoms with Crippen LogP contribution in [0.5, 0.6) is 5.75 Å². The zero-order valence-corrected chi connectivity index (χ0v) is 13.0. The van der Waals surface area contributed by atoms with Crippen LogP contribution < -0.4 is 10.1 Å². The molecule has 2 atom stereocenters. The van der Waals surface area contributed by atoms with Gasteiger partial charge in [0, 0.05) is 12.8 Å². The standard InChI is InChI=1S/C19H17NO4/c21-17(23-12-13-6-2-1-3-7-13)15-11-19(18(22)20-15)10-14-8-4-5-9-16(14)24-19/h1-9,15H,10-12H2,(H,20,22)/t15-,19-/m0/s1. The zero-order chi connectivity index (χ0) is 16.6. The first-order valence-corrected chi connectivity index (χ1v) is 7.95. The molecule has 122 valence electrons. The largest absolute Gasteiger partial charge is 0.477 e. The van der Waals surface area contributed by atoms with Gasteiger partial charge in [-0.2, -0.15) is 0 Å². The van der Waals surface area contributed by atoms with Crippen molar-refractivity contribution in [2.45, 2.75) is 31.1 Å². The number of rotatable bonds is 3. The molecule has 1 fully saturated rings. The van der Waals surface area contributed by atoms with Crippen LogP contribution in [0.2, 0.25) is 0 Å². The molecule has 0 aliphatic carbocycles. The SMILES string of the molecule is O=C(OCc1ccccc1)[C@@H]1C[C@@]2(Cc3ccccc3O2)C(=O)N1. The third-order valence-electron chi connectivity index (χ3n) is 4.52. The quantitative estimate of drug-likeness (QED) is 0.878. The van der Waals surface area contributed by atoms with Crippen molar-refractivity contribution in [1.82, 2.24) is 5.32 Å². The van der Waals surface area contributed by atoms with Crippen molar-refractivity contribution in [2.75, 3.05) is 0 Å². The number of nitrogens with one attached hydrogen (secondary N) is 1. The van der Waals surface area contributed by atoms with E-state index in [0.717, 1.165) is 11.1 Å². The van der Waals surface area contributed by atoms with Crippen molar-refractivity contribution in [3.63, 3.8) is 0 Å². The highest BCUT2D eigenvalue weighted by Gasteiger charge is 2.54. The zero-order valence-electron chi connectivity index (χ0n) is 13.0. The molecule has 0 bridgehead atoms. The van der Waals surface area contributed by atoms with E-state index in [4.69, 9.17) is 9.47 Å². The number of carbonyl (C=O) groups is 2. The third kappa shape index (κ3) is 2.52. The van der Waals surface area contributed by atoms with Crippen molar-refractivity contribution >= 4 is 11.9 Å². The normalized spacial score (nSPS) is 24.3. The van der Waals surface area contributed by atoms with Crippen LogP contribution in [0.25, 0.3) is 0 Å². The van der Waals surface area contributed by atoms with Gasteiger partial charge in [-0.15, -0.1) is 0 Å². The number of fused-ring (bicyclic) bond motifs is 1. The summed E-state index contributed by atoms with van der Waals surface area (Å²) in [6, 6.07) is 16.4. The lowest BCUT2D eigenvalue weighted by Gasteiger charge is -2.19. The average molecular weight is 323 g/mol. The van der Waals surface area contributed by atoms with E-state index in [9.17, 15) is 9.59 Å². The minimum absolute atomic E-state index is 0.195. The molecular weight excluding hydrogens is 306 g/mol. The van der Waals surface area contributed by atoms with Crippen LogP contribution in [0.1, 0.15) is 17.5 Å². The molecule has 1 N–H and O–H groups in total. The average Bonchev–Trinajstić information content (AvgIpc) is 3.14. The van der Waals surface area contributed by atoms with E-state index < -0.39 is 17.6 Å². The van der Waals surface area contributed by atoms with Gasteiger partial charge in [-0.1, -0.05) is 48.5 Å². The maximum atomic E-state index is 12.4. The fourth-order valence-corrected chi connectivity index (χ4v) is 3.28. The van der Waals surface area contributed by atoms with Gasteiger partial charge in [-0.25, -0.2) is 4.79 Å². The molecule has 2 aromatic rings. The number of para-hydroxylation sites is 1. The molecule has 2 aliphatic rings. The molecule has 0 radical (unpaired) electrons. The molecule has 5 heteroatoms. The number of amides is 1. The molecular formula is C19H17NO4. The molecule has 1 amide bonds. The van der Waals surface area contributed by atoms with Gasteiger partial charge in [-0.3, -0.25) is 4.79 Å². The van der Waals surface area contributed by atoms with Crippen molar-refractivity contribution in [2.24, 2.45) is 0 Å². The monoisotopic (exact) mass is 323 g/mol. The van der Waals surface area contributed by atoms with Gasteiger partial charge in [-0.05, 0) is 17.2 Å². The van der Waals surface area contributed by atoms with Crippen LogP contribution in [-0.4, -0.2) is 23.5 Å². The minimum atomic E-state index is -0.986. The minimum Gasteiger partial charge on any atom is -0.477 e. The molecule has 2 aliphatic heterocycles. The lowest BCUT2D eigenvalue weighted by Crippen LogP contribution is -2.42. The maximum absolute atomic E-state index is 12.4. The number of hydrogen-bond acceptors (Lipinski definition) is 4. The first kappa shape index (κ1) is 14.8. The summed E-state index contributed by atoms with van der Waals surface area (Å²) in [7, 11) is 0. The molecule has 0 saturated carbocycles. The Morgan fingerprint density at radius 1 is 1.17 bits per heavy atom. The molecule has 1 saturated heterocycles. The molecule has 4 rings (SSSR count). The summed E-state index contributed by atoms with van der Waals surface area (Å²) >= 11 is 0. The van der Waals surface area contributed by atoms with Gasteiger partial charge in [0.05, 0.1) is 0 Å². The Bertz CT molecular complexity index is 762. The third-order valence-corrected chi connectivity index (χ3v) is 4.52. The highest BCUT2D eigenvalue weighted by atomic mass is 16.5. The van der Waals surface area contributed by atoms with Gasteiger partial charge in [0.25, 0.3) is 5.91 Å². The van der Waals surface area contributed by atoms with Crippen LogP contribution in [0.3, 0.4) is 0 Å². The number of benzene rings is 2. The number of esters is 1. The summed E-state index contributed by atoms with van der Waals surface area (Å²) in [5.41, 5.74) is 0.917. The Hall–Kier alpha value is -2.82. The van der Waals surface area contributed by atoms with Gasteiger partial charge in [0.15, 0.2) is 5.60 Å². The van der Waals surface area contributed by atoms with Crippen LogP contribution in [0.4, 0.5) is 0 Å². The lowest BCUT2D eigenvalue weighted by molar-refractivity contribution is -0.147. The lowest BCUT2D eigenvalue weighted by atomic mass is 9.93. The van der Waals surface area contributed by atoms with Crippen molar-refractivity contribution in [3.05, 3.63) is 65.7 Å². The summed E-state index contributed by atoms with van der Waals surface area (Å²) in [5, 5.41) is 2.72. The van der Waals surface area contributed by atoms with E-state index in [1.54, 1.807) is 0 Å². The van der Waals surface area contributed by atoms with Crippen molar-refractivity contribution in [3.8, 4) is 5.75 Å². The Balaban J connectivity index is 1.42. The summed E-state index contributed by atoms with van der Waals surface area (Å²) in [5.74, 6) is 0.0370. The van der Waals surface area contributed by atoms with Crippen molar-refractivity contribution in [1.29, 1.82) is 0 Å². The molecule has 0 aromatic heterocycles. The Morgan fingerprint density at radius 3 is 2.71 bits per heavy atom. The second-order valence-electron chi connectivity index (χ2n) is 6.20. The van der Waals surface area contributed by atoms with E-state index in [0.29, 0.717) is 12.2 Å².